The predicted octanol–water partition coefficient (Wildman–Crippen LogP) is 5.35. The summed E-state index contributed by atoms with van der Waals surface area (Å²) in [7, 11) is 1.59. The molecule has 0 spiro atoms. The molecule has 0 amide bonds. The molecule has 0 aliphatic rings. The van der Waals surface area contributed by atoms with Crippen LogP contribution in [-0.4, -0.2) is 29.6 Å². The third-order valence-corrected chi connectivity index (χ3v) is 5.41. The molecule has 0 aliphatic heterocycles. The van der Waals surface area contributed by atoms with Gasteiger partial charge in [-0.2, -0.15) is 0 Å². The molecule has 162 valence electrons. The lowest BCUT2D eigenvalue weighted by molar-refractivity contribution is -0.145. The number of nitrogens with zero attached hydrogens (tertiary/aromatic N) is 2. The van der Waals surface area contributed by atoms with Gasteiger partial charge in [-0.05, 0) is 30.5 Å². The molecule has 0 saturated carbocycles. The van der Waals surface area contributed by atoms with E-state index in [9.17, 15) is 4.79 Å². The fourth-order valence-electron chi connectivity index (χ4n) is 3.75. The van der Waals surface area contributed by atoms with E-state index in [2.05, 4.69) is 41.1 Å². The first-order chi connectivity index (χ1) is 15.1. The average molecular weight is 419 g/mol. The second-order valence-corrected chi connectivity index (χ2v) is 7.40. The maximum absolute atomic E-state index is 12.6. The van der Waals surface area contributed by atoms with E-state index in [0.717, 1.165) is 5.56 Å². The normalized spacial score (nSPS) is 12.9. The number of aromatic nitrogens is 1. The Labute approximate surface area is 184 Å². The number of ether oxygens (including phenoxy) is 2. The Morgan fingerprint density at radius 2 is 1.65 bits per heavy atom. The lowest BCUT2D eigenvalue weighted by Gasteiger charge is -2.37. The van der Waals surface area contributed by atoms with Crippen LogP contribution in [0.15, 0.2) is 79.0 Å². The Bertz CT molecular complexity index is 930. The highest BCUT2D eigenvalue weighted by Gasteiger charge is 2.29. The van der Waals surface area contributed by atoms with E-state index in [1.807, 2.05) is 55.5 Å². The molecule has 5 heteroatoms. The van der Waals surface area contributed by atoms with Crippen LogP contribution in [0.2, 0.25) is 0 Å². The van der Waals surface area contributed by atoms with Crippen molar-refractivity contribution in [3.05, 3.63) is 95.7 Å². The molecule has 5 nitrogen and oxygen atoms in total. The molecule has 0 radical (unpaired) electrons. The van der Waals surface area contributed by atoms with Crippen molar-refractivity contribution in [1.29, 1.82) is 0 Å². The van der Waals surface area contributed by atoms with E-state index in [4.69, 9.17) is 9.47 Å². The summed E-state index contributed by atoms with van der Waals surface area (Å²) in [6.07, 6.45) is 2.03. The predicted molar refractivity (Wildman–Crippen MR) is 122 cm³/mol. The fraction of sp³-hybridized carbons (Fsp3) is 0.308. The van der Waals surface area contributed by atoms with Crippen molar-refractivity contribution in [3.63, 3.8) is 0 Å². The number of esters is 1. The Morgan fingerprint density at radius 3 is 2.23 bits per heavy atom. The zero-order valence-corrected chi connectivity index (χ0v) is 18.4. The van der Waals surface area contributed by atoms with Crippen LogP contribution in [0.25, 0.3) is 0 Å². The minimum Gasteiger partial charge on any atom is -0.481 e. The molecule has 1 unspecified atom stereocenters. The standard InChI is InChI=1S/C26H30N2O3/c1-4-31-26(29)17-24(23-15-16-25(30-3)27-18-23)28(19-21-11-7-5-8-12-21)20(2)22-13-9-6-10-14-22/h5-16,18,20,24H,4,17,19H2,1-3H3/t20?,24-/m0/s1. The molecule has 3 rings (SSSR count). The minimum absolute atomic E-state index is 0.0722. The molecule has 0 aliphatic carbocycles. The number of benzene rings is 2. The lowest BCUT2D eigenvalue weighted by atomic mass is 9.97. The van der Waals surface area contributed by atoms with Crippen LogP contribution < -0.4 is 4.74 Å². The zero-order chi connectivity index (χ0) is 22.1. The third-order valence-electron chi connectivity index (χ3n) is 5.41. The van der Waals surface area contributed by atoms with E-state index in [-0.39, 0.29) is 24.5 Å². The van der Waals surface area contributed by atoms with Gasteiger partial charge in [0, 0.05) is 30.9 Å². The highest BCUT2D eigenvalue weighted by Crippen LogP contribution is 2.35. The molecule has 1 aromatic heterocycles. The van der Waals surface area contributed by atoms with Gasteiger partial charge in [-0.15, -0.1) is 0 Å². The number of methoxy groups -OCH3 is 1. The van der Waals surface area contributed by atoms with Gasteiger partial charge in [0.2, 0.25) is 5.88 Å². The first kappa shape index (κ1) is 22.5. The summed E-state index contributed by atoms with van der Waals surface area (Å²) in [5.74, 6) is 0.325. The number of pyridine rings is 1. The van der Waals surface area contributed by atoms with Crippen molar-refractivity contribution in [2.45, 2.75) is 38.9 Å². The van der Waals surface area contributed by atoms with E-state index in [1.54, 1.807) is 13.3 Å². The van der Waals surface area contributed by atoms with Crippen molar-refractivity contribution < 1.29 is 14.3 Å². The van der Waals surface area contributed by atoms with Crippen LogP contribution in [0.1, 0.15) is 49.0 Å². The van der Waals surface area contributed by atoms with Gasteiger partial charge in [0.05, 0.1) is 20.1 Å². The summed E-state index contributed by atoms with van der Waals surface area (Å²) in [5.41, 5.74) is 3.32. The Hall–Kier alpha value is -3.18. The minimum atomic E-state index is -0.221. The van der Waals surface area contributed by atoms with Crippen LogP contribution in [-0.2, 0) is 16.1 Å². The van der Waals surface area contributed by atoms with E-state index >= 15 is 0 Å². The first-order valence-corrected chi connectivity index (χ1v) is 10.6. The number of rotatable bonds is 10. The van der Waals surface area contributed by atoms with Crippen molar-refractivity contribution >= 4 is 5.97 Å². The molecule has 1 heterocycles. The van der Waals surface area contributed by atoms with Crippen LogP contribution in [0, 0.1) is 0 Å². The fourth-order valence-corrected chi connectivity index (χ4v) is 3.75. The molecule has 31 heavy (non-hydrogen) atoms. The van der Waals surface area contributed by atoms with Crippen LogP contribution >= 0.6 is 0 Å². The molecule has 0 saturated heterocycles. The molecule has 2 aromatic carbocycles. The van der Waals surface area contributed by atoms with Gasteiger partial charge in [0.1, 0.15) is 0 Å². The summed E-state index contributed by atoms with van der Waals surface area (Å²) in [6.45, 7) is 5.05. The molecule has 0 bridgehead atoms. The van der Waals surface area contributed by atoms with Crippen molar-refractivity contribution in [3.8, 4) is 5.88 Å². The van der Waals surface area contributed by atoms with Gasteiger partial charge < -0.3 is 9.47 Å². The highest BCUT2D eigenvalue weighted by molar-refractivity contribution is 5.70. The Balaban J connectivity index is 2.02. The van der Waals surface area contributed by atoms with Crippen molar-refractivity contribution in [1.82, 2.24) is 9.88 Å². The molecule has 3 aromatic rings. The van der Waals surface area contributed by atoms with Gasteiger partial charge in [0.25, 0.3) is 0 Å². The molecule has 2 atom stereocenters. The summed E-state index contributed by atoms with van der Waals surface area (Å²) >= 11 is 0. The van der Waals surface area contributed by atoms with Gasteiger partial charge >= 0.3 is 5.97 Å². The molecular formula is C26H30N2O3. The van der Waals surface area contributed by atoms with E-state index in [1.165, 1.54) is 11.1 Å². The van der Waals surface area contributed by atoms with E-state index < -0.39 is 0 Å². The number of hydrogen-bond acceptors (Lipinski definition) is 5. The van der Waals surface area contributed by atoms with Crippen LogP contribution in [0.3, 0.4) is 0 Å². The third kappa shape index (κ3) is 6.15. The van der Waals surface area contributed by atoms with Gasteiger partial charge in [-0.1, -0.05) is 66.7 Å². The zero-order valence-electron chi connectivity index (χ0n) is 18.4. The quantitative estimate of drug-likeness (QED) is 0.416. The van der Waals surface area contributed by atoms with E-state index in [0.29, 0.717) is 19.0 Å². The maximum atomic E-state index is 12.6. The SMILES string of the molecule is CCOC(=O)C[C@@H](c1ccc(OC)nc1)N(Cc1ccccc1)C(C)c1ccccc1. The monoisotopic (exact) mass is 418 g/mol. The average Bonchev–Trinajstić information content (AvgIpc) is 2.82. The summed E-state index contributed by atoms with van der Waals surface area (Å²) < 4.78 is 10.5. The van der Waals surface area contributed by atoms with Gasteiger partial charge in [-0.25, -0.2) is 4.98 Å². The van der Waals surface area contributed by atoms with Crippen molar-refractivity contribution in [2.24, 2.45) is 0 Å². The second kappa shape index (κ2) is 11.3. The van der Waals surface area contributed by atoms with Crippen LogP contribution in [0.5, 0.6) is 5.88 Å². The lowest BCUT2D eigenvalue weighted by Crippen LogP contribution is -2.33. The maximum Gasteiger partial charge on any atom is 0.307 e. The van der Waals surface area contributed by atoms with Crippen LogP contribution in [0.4, 0.5) is 0 Å². The van der Waals surface area contributed by atoms with Crippen molar-refractivity contribution in [2.75, 3.05) is 13.7 Å². The summed E-state index contributed by atoms with van der Waals surface area (Å²) in [5, 5.41) is 0. The number of hydrogen-bond donors (Lipinski definition) is 0. The number of carbonyl (C=O) groups excluding carboxylic acids is 1. The number of carbonyl (C=O) groups is 1. The summed E-state index contributed by atoms with van der Waals surface area (Å²) in [6, 6.07) is 24.3. The Morgan fingerprint density at radius 1 is 0.968 bits per heavy atom. The Kier molecular flexibility index (Phi) is 8.19. The van der Waals surface area contributed by atoms with Gasteiger partial charge in [0.15, 0.2) is 0 Å². The molecular weight excluding hydrogens is 388 g/mol. The summed E-state index contributed by atoms with van der Waals surface area (Å²) in [4.78, 5) is 19.3. The molecule has 0 fully saturated rings. The van der Waals surface area contributed by atoms with Gasteiger partial charge in [-0.3, -0.25) is 9.69 Å². The largest absolute Gasteiger partial charge is 0.481 e. The first-order valence-electron chi connectivity index (χ1n) is 10.6. The highest BCUT2D eigenvalue weighted by atomic mass is 16.5. The topological polar surface area (TPSA) is 51.7 Å². The second-order valence-electron chi connectivity index (χ2n) is 7.40. The smallest absolute Gasteiger partial charge is 0.307 e. The molecule has 0 N–H and O–H groups in total.